The Hall–Kier alpha value is -2.33. The molecule has 1 rings (SSSR count). The standard InChI is InChI=1S/C24H41BN4O5/c1-4-5-6-7-8-9-10-11-12-13-21(30)19-15-26-16-20(28-19)24(32)27-17-23(31)29-22(25(33)34)14-18(2)3/h15-16,18,22,33-34H,4-14,17H2,1-3H3,(H,27,32)(H,29,31). The highest BCUT2D eigenvalue weighted by molar-refractivity contribution is 6.43. The lowest BCUT2D eigenvalue weighted by atomic mass is 9.75. The van der Waals surface area contributed by atoms with Gasteiger partial charge in [0.05, 0.1) is 24.9 Å². The first-order chi connectivity index (χ1) is 16.2. The van der Waals surface area contributed by atoms with E-state index in [2.05, 4.69) is 27.5 Å². The number of hydrogen-bond acceptors (Lipinski definition) is 7. The molecule has 0 radical (unpaired) electrons. The molecule has 0 saturated heterocycles. The Morgan fingerprint density at radius 1 is 0.941 bits per heavy atom. The molecular weight excluding hydrogens is 435 g/mol. The quantitative estimate of drug-likeness (QED) is 0.145. The van der Waals surface area contributed by atoms with E-state index in [1.807, 2.05) is 13.8 Å². The lowest BCUT2D eigenvalue weighted by molar-refractivity contribution is -0.120. The van der Waals surface area contributed by atoms with Gasteiger partial charge in [-0.2, -0.15) is 0 Å². The normalized spacial score (nSPS) is 11.8. The van der Waals surface area contributed by atoms with Crippen LogP contribution in [0.5, 0.6) is 0 Å². The van der Waals surface area contributed by atoms with Crippen LogP contribution < -0.4 is 10.6 Å². The molecule has 0 aromatic carbocycles. The van der Waals surface area contributed by atoms with Gasteiger partial charge >= 0.3 is 7.12 Å². The first kappa shape index (κ1) is 29.7. The molecule has 1 atom stereocenters. The zero-order valence-electron chi connectivity index (χ0n) is 20.9. The topological polar surface area (TPSA) is 142 Å². The van der Waals surface area contributed by atoms with E-state index in [-0.39, 0.29) is 29.6 Å². The van der Waals surface area contributed by atoms with Crippen LogP contribution in [0.4, 0.5) is 0 Å². The molecule has 10 heteroatoms. The SMILES string of the molecule is CCCCCCCCCCCC(=O)c1cncc(C(=O)NCC(=O)NC(CC(C)C)B(O)O)n1. The first-order valence-corrected chi connectivity index (χ1v) is 12.5. The van der Waals surface area contributed by atoms with Gasteiger partial charge in [-0.15, -0.1) is 0 Å². The largest absolute Gasteiger partial charge is 0.475 e. The van der Waals surface area contributed by atoms with E-state index in [0.29, 0.717) is 12.8 Å². The second-order valence-electron chi connectivity index (χ2n) is 9.19. The van der Waals surface area contributed by atoms with Crippen molar-refractivity contribution in [3.05, 3.63) is 23.8 Å². The van der Waals surface area contributed by atoms with Crippen LogP contribution in [0.25, 0.3) is 0 Å². The average molecular weight is 476 g/mol. The maximum Gasteiger partial charge on any atom is 0.475 e. The lowest BCUT2D eigenvalue weighted by Crippen LogP contribution is -2.50. The van der Waals surface area contributed by atoms with Crippen molar-refractivity contribution in [2.24, 2.45) is 5.92 Å². The average Bonchev–Trinajstić information content (AvgIpc) is 2.80. The van der Waals surface area contributed by atoms with Crippen LogP contribution in [-0.2, 0) is 4.79 Å². The molecular formula is C24H41BN4O5. The molecule has 190 valence electrons. The Labute approximate surface area is 203 Å². The number of ketones is 1. The fourth-order valence-corrected chi connectivity index (χ4v) is 3.61. The van der Waals surface area contributed by atoms with Crippen LogP contribution in [0, 0.1) is 5.92 Å². The maximum absolute atomic E-state index is 12.4. The number of unbranched alkanes of at least 4 members (excludes halogenated alkanes) is 8. The van der Waals surface area contributed by atoms with Crippen LogP contribution in [0.15, 0.2) is 12.4 Å². The van der Waals surface area contributed by atoms with E-state index in [1.165, 1.54) is 50.9 Å². The number of Topliss-reactive ketones (excluding diaryl/α,β-unsaturated/α-hetero) is 1. The number of carbonyl (C=O) groups is 3. The van der Waals surface area contributed by atoms with Crippen molar-refractivity contribution in [1.82, 2.24) is 20.6 Å². The van der Waals surface area contributed by atoms with Gasteiger partial charge in [-0.05, 0) is 18.8 Å². The zero-order valence-corrected chi connectivity index (χ0v) is 20.9. The number of nitrogens with zero attached hydrogens (tertiary/aromatic N) is 2. The summed E-state index contributed by atoms with van der Waals surface area (Å²) in [6.45, 7) is 5.63. The third-order valence-corrected chi connectivity index (χ3v) is 5.50. The van der Waals surface area contributed by atoms with Gasteiger partial charge in [0.15, 0.2) is 5.78 Å². The minimum absolute atomic E-state index is 0.0494. The molecule has 1 aromatic rings. The fourth-order valence-electron chi connectivity index (χ4n) is 3.61. The van der Waals surface area contributed by atoms with Crippen molar-refractivity contribution in [1.29, 1.82) is 0 Å². The molecule has 1 unspecified atom stereocenters. The summed E-state index contributed by atoms with van der Waals surface area (Å²) >= 11 is 0. The summed E-state index contributed by atoms with van der Waals surface area (Å²) in [6, 6.07) is 0. The van der Waals surface area contributed by atoms with E-state index in [0.717, 1.165) is 19.3 Å². The molecule has 1 aromatic heterocycles. The summed E-state index contributed by atoms with van der Waals surface area (Å²) < 4.78 is 0. The molecule has 0 fully saturated rings. The molecule has 34 heavy (non-hydrogen) atoms. The van der Waals surface area contributed by atoms with Gasteiger partial charge in [-0.1, -0.05) is 72.1 Å². The number of carbonyl (C=O) groups excluding carboxylic acids is 3. The summed E-state index contributed by atoms with van der Waals surface area (Å²) in [5, 5.41) is 23.7. The Morgan fingerprint density at radius 3 is 2.12 bits per heavy atom. The second-order valence-corrected chi connectivity index (χ2v) is 9.19. The highest BCUT2D eigenvalue weighted by atomic mass is 16.4. The van der Waals surface area contributed by atoms with Gasteiger partial charge in [-0.3, -0.25) is 19.4 Å². The smallest absolute Gasteiger partial charge is 0.426 e. The van der Waals surface area contributed by atoms with Gasteiger partial charge in [0.25, 0.3) is 5.91 Å². The molecule has 9 nitrogen and oxygen atoms in total. The summed E-state index contributed by atoms with van der Waals surface area (Å²) in [5.74, 6) is -2.03. The summed E-state index contributed by atoms with van der Waals surface area (Å²) in [6.07, 6.45) is 13.8. The highest BCUT2D eigenvalue weighted by Crippen LogP contribution is 2.12. The number of aromatic nitrogens is 2. The van der Waals surface area contributed by atoms with Crippen molar-refractivity contribution in [3.8, 4) is 0 Å². The molecule has 1 heterocycles. The first-order valence-electron chi connectivity index (χ1n) is 12.5. The minimum Gasteiger partial charge on any atom is -0.426 e. The van der Waals surface area contributed by atoms with E-state index < -0.39 is 24.9 Å². The predicted molar refractivity (Wildman–Crippen MR) is 132 cm³/mol. The van der Waals surface area contributed by atoms with Crippen LogP contribution in [0.2, 0.25) is 0 Å². The van der Waals surface area contributed by atoms with Gasteiger partial charge in [0.2, 0.25) is 5.91 Å². The lowest BCUT2D eigenvalue weighted by Gasteiger charge is -2.19. The molecule has 0 spiro atoms. The molecule has 2 amide bonds. The third kappa shape index (κ3) is 12.8. The van der Waals surface area contributed by atoms with E-state index in [4.69, 9.17) is 0 Å². The molecule has 0 aliphatic heterocycles. The minimum atomic E-state index is -1.69. The van der Waals surface area contributed by atoms with Crippen molar-refractivity contribution in [3.63, 3.8) is 0 Å². The Morgan fingerprint density at radius 2 is 1.53 bits per heavy atom. The number of hydrogen-bond donors (Lipinski definition) is 4. The zero-order chi connectivity index (χ0) is 25.3. The summed E-state index contributed by atoms with van der Waals surface area (Å²) in [4.78, 5) is 44.9. The molecule has 4 N–H and O–H groups in total. The highest BCUT2D eigenvalue weighted by Gasteiger charge is 2.26. The van der Waals surface area contributed by atoms with Gasteiger partial charge in [0, 0.05) is 6.42 Å². The summed E-state index contributed by atoms with van der Waals surface area (Å²) in [7, 11) is -1.69. The second kappa shape index (κ2) is 17.2. The van der Waals surface area contributed by atoms with Crippen LogP contribution in [-0.4, -0.2) is 57.2 Å². The summed E-state index contributed by atoms with van der Waals surface area (Å²) in [5.41, 5.74) is 0.0868. The van der Waals surface area contributed by atoms with Gasteiger partial charge in [0.1, 0.15) is 11.4 Å². The fraction of sp³-hybridized carbons (Fsp3) is 0.708. The van der Waals surface area contributed by atoms with E-state index in [1.54, 1.807) is 0 Å². The number of amides is 2. The van der Waals surface area contributed by atoms with Crippen molar-refractivity contribution >= 4 is 24.7 Å². The molecule has 0 aliphatic carbocycles. The number of nitrogens with one attached hydrogen (secondary N) is 2. The molecule has 0 saturated carbocycles. The number of rotatable bonds is 18. The molecule has 0 aliphatic rings. The van der Waals surface area contributed by atoms with Crippen LogP contribution >= 0.6 is 0 Å². The van der Waals surface area contributed by atoms with Gasteiger partial charge in [-0.25, -0.2) is 4.98 Å². The van der Waals surface area contributed by atoms with Crippen LogP contribution in [0.3, 0.4) is 0 Å². The van der Waals surface area contributed by atoms with Crippen molar-refractivity contribution < 1.29 is 24.4 Å². The van der Waals surface area contributed by atoms with E-state index in [9.17, 15) is 24.4 Å². The predicted octanol–water partition coefficient (Wildman–Crippen LogP) is 2.85. The maximum atomic E-state index is 12.4. The molecule has 0 bridgehead atoms. The van der Waals surface area contributed by atoms with Crippen LogP contribution in [0.1, 0.15) is 112 Å². The Kier molecular flexibility index (Phi) is 15.0. The van der Waals surface area contributed by atoms with Crippen molar-refractivity contribution in [2.75, 3.05) is 6.54 Å². The Balaban J connectivity index is 2.41. The van der Waals surface area contributed by atoms with E-state index >= 15 is 0 Å². The third-order valence-electron chi connectivity index (χ3n) is 5.50. The Bertz CT molecular complexity index is 761. The van der Waals surface area contributed by atoms with Gasteiger partial charge < -0.3 is 20.7 Å². The van der Waals surface area contributed by atoms with Crippen molar-refractivity contribution in [2.45, 2.75) is 97.3 Å². The monoisotopic (exact) mass is 476 g/mol.